The second-order valence-electron chi connectivity index (χ2n) is 3.23. The summed E-state index contributed by atoms with van der Waals surface area (Å²) in [6.45, 7) is 1.54. The van der Waals surface area contributed by atoms with E-state index in [0.717, 1.165) is 18.2 Å². The molecule has 1 rings (SSSR count). The van der Waals surface area contributed by atoms with Gasteiger partial charge in [0.05, 0.1) is 0 Å². The lowest BCUT2D eigenvalue weighted by atomic mass is 10.3. The minimum Gasteiger partial charge on any atom is -0.300 e. The summed E-state index contributed by atoms with van der Waals surface area (Å²) >= 11 is 1.43. The second kappa shape index (κ2) is 5.85. The molecule has 0 aliphatic rings. The fourth-order valence-electron chi connectivity index (χ4n) is 1.08. The van der Waals surface area contributed by atoms with E-state index in [9.17, 15) is 13.6 Å². The molecule has 1 nitrogen and oxygen atoms in total. The Morgan fingerprint density at radius 1 is 1.33 bits per heavy atom. The van der Waals surface area contributed by atoms with Gasteiger partial charge >= 0.3 is 0 Å². The zero-order valence-corrected chi connectivity index (χ0v) is 9.24. The largest absolute Gasteiger partial charge is 0.300 e. The summed E-state index contributed by atoms with van der Waals surface area (Å²) in [7, 11) is 0. The molecule has 0 amide bonds. The molecule has 0 aromatic heterocycles. The van der Waals surface area contributed by atoms with Gasteiger partial charge in [-0.05, 0) is 37.3 Å². The van der Waals surface area contributed by atoms with Crippen LogP contribution in [-0.4, -0.2) is 11.5 Å². The van der Waals surface area contributed by atoms with Gasteiger partial charge in [0.25, 0.3) is 0 Å². The molecule has 0 saturated carbocycles. The quantitative estimate of drug-likeness (QED) is 0.569. The van der Waals surface area contributed by atoms with Crippen molar-refractivity contribution in [3.8, 4) is 0 Å². The van der Waals surface area contributed by atoms with Crippen molar-refractivity contribution >= 4 is 17.5 Å². The van der Waals surface area contributed by atoms with E-state index in [1.54, 1.807) is 6.92 Å². The number of Topliss-reactive ketones (excluding diaryl/α,β-unsaturated/α-hetero) is 1. The Bertz CT molecular complexity index is 352. The highest BCUT2D eigenvalue weighted by Crippen LogP contribution is 2.21. The third-order valence-electron chi connectivity index (χ3n) is 1.83. The summed E-state index contributed by atoms with van der Waals surface area (Å²) in [5.41, 5.74) is 0. The molecule has 0 spiro atoms. The first-order chi connectivity index (χ1) is 7.09. The number of halogens is 2. The molecule has 0 aliphatic carbocycles. The van der Waals surface area contributed by atoms with E-state index in [4.69, 9.17) is 0 Å². The van der Waals surface area contributed by atoms with Gasteiger partial charge in [0, 0.05) is 11.3 Å². The van der Waals surface area contributed by atoms with Crippen LogP contribution in [-0.2, 0) is 4.79 Å². The SMILES string of the molecule is CC(=O)CCCSc1ccc(F)c(F)c1. The topological polar surface area (TPSA) is 17.1 Å². The Morgan fingerprint density at radius 3 is 2.67 bits per heavy atom. The Hall–Kier alpha value is -0.900. The Kier molecular flexibility index (Phi) is 4.75. The first-order valence-corrected chi connectivity index (χ1v) is 5.65. The molecule has 4 heteroatoms. The molecule has 0 atom stereocenters. The minimum atomic E-state index is -0.830. The average Bonchev–Trinajstić information content (AvgIpc) is 2.18. The number of hydrogen-bond donors (Lipinski definition) is 0. The second-order valence-corrected chi connectivity index (χ2v) is 4.40. The van der Waals surface area contributed by atoms with Gasteiger partial charge in [-0.3, -0.25) is 0 Å². The molecule has 0 radical (unpaired) electrons. The van der Waals surface area contributed by atoms with Crippen molar-refractivity contribution in [3.05, 3.63) is 29.8 Å². The van der Waals surface area contributed by atoms with Crippen LogP contribution in [0, 0.1) is 11.6 Å². The molecule has 0 N–H and O–H groups in total. The highest BCUT2D eigenvalue weighted by atomic mass is 32.2. The summed E-state index contributed by atoms with van der Waals surface area (Å²) in [4.78, 5) is 11.3. The third kappa shape index (κ3) is 4.42. The van der Waals surface area contributed by atoms with Crippen molar-refractivity contribution in [1.82, 2.24) is 0 Å². The van der Waals surface area contributed by atoms with Crippen LogP contribution in [0.2, 0.25) is 0 Å². The van der Waals surface area contributed by atoms with E-state index in [1.807, 2.05) is 0 Å². The van der Waals surface area contributed by atoms with Gasteiger partial charge in [-0.2, -0.15) is 0 Å². The number of ketones is 1. The zero-order chi connectivity index (χ0) is 11.3. The monoisotopic (exact) mass is 230 g/mol. The smallest absolute Gasteiger partial charge is 0.159 e. The van der Waals surface area contributed by atoms with Crippen molar-refractivity contribution in [2.24, 2.45) is 0 Å². The fourth-order valence-corrected chi connectivity index (χ4v) is 1.95. The molecule has 0 aliphatic heterocycles. The number of carbonyl (C=O) groups excluding carboxylic acids is 1. The normalized spacial score (nSPS) is 10.3. The van der Waals surface area contributed by atoms with Crippen LogP contribution in [0.15, 0.2) is 23.1 Å². The Labute approximate surface area is 91.9 Å². The van der Waals surface area contributed by atoms with Gasteiger partial charge < -0.3 is 4.79 Å². The molecule has 1 aromatic rings. The van der Waals surface area contributed by atoms with E-state index in [-0.39, 0.29) is 5.78 Å². The standard InChI is InChI=1S/C11H12F2OS/c1-8(14)3-2-6-15-9-4-5-10(12)11(13)7-9/h4-5,7H,2-3,6H2,1H3. The lowest BCUT2D eigenvalue weighted by Crippen LogP contribution is -1.91. The van der Waals surface area contributed by atoms with Crippen molar-refractivity contribution in [1.29, 1.82) is 0 Å². The molecule has 0 fully saturated rings. The minimum absolute atomic E-state index is 0.154. The fraction of sp³-hybridized carbons (Fsp3) is 0.364. The predicted octanol–water partition coefficient (Wildman–Crippen LogP) is 3.43. The van der Waals surface area contributed by atoms with E-state index >= 15 is 0 Å². The van der Waals surface area contributed by atoms with Crippen LogP contribution in [0.4, 0.5) is 8.78 Å². The summed E-state index contributed by atoms with van der Waals surface area (Å²) < 4.78 is 25.3. The Morgan fingerprint density at radius 2 is 2.07 bits per heavy atom. The van der Waals surface area contributed by atoms with Crippen molar-refractivity contribution in [3.63, 3.8) is 0 Å². The summed E-state index contributed by atoms with van der Waals surface area (Å²) in [6.07, 6.45) is 1.30. The van der Waals surface area contributed by atoms with Crippen LogP contribution < -0.4 is 0 Å². The van der Waals surface area contributed by atoms with E-state index < -0.39 is 11.6 Å². The molecule has 0 bridgehead atoms. The number of carbonyl (C=O) groups is 1. The summed E-state index contributed by atoms with van der Waals surface area (Å²) in [5.74, 6) is -0.763. The molecule has 82 valence electrons. The van der Waals surface area contributed by atoms with Crippen LogP contribution in [0.3, 0.4) is 0 Å². The van der Waals surface area contributed by atoms with Gasteiger partial charge in [0.15, 0.2) is 11.6 Å². The van der Waals surface area contributed by atoms with Crippen molar-refractivity contribution in [2.75, 3.05) is 5.75 Å². The molecular formula is C11H12F2OS. The maximum Gasteiger partial charge on any atom is 0.159 e. The first kappa shape index (κ1) is 12.2. The maximum atomic E-state index is 12.8. The van der Waals surface area contributed by atoms with Gasteiger partial charge in [0.2, 0.25) is 0 Å². The lowest BCUT2D eigenvalue weighted by molar-refractivity contribution is -0.117. The van der Waals surface area contributed by atoms with Crippen LogP contribution >= 0.6 is 11.8 Å². The van der Waals surface area contributed by atoms with Gasteiger partial charge in [-0.25, -0.2) is 8.78 Å². The van der Waals surface area contributed by atoms with Crippen LogP contribution in [0.1, 0.15) is 19.8 Å². The number of benzene rings is 1. The summed E-state index contributed by atoms with van der Waals surface area (Å²) in [5, 5.41) is 0. The first-order valence-electron chi connectivity index (χ1n) is 4.67. The molecule has 0 saturated heterocycles. The number of hydrogen-bond acceptors (Lipinski definition) is 2. The van der Waals surface area contributed by atoms with E-state index in [0.29, 0.717) is 11.3 Å². The highest BCUT2D eigenvalue weighted by Gasteiger charge is 2.02. The lowest BCUT2D eigenvalue weighted by Gasteiger charge is -2.01. The van der Waals surface area contributed by atoms with Crippen molar-refractivity contribution in [2.45, 2.75) is 24.7 Å². The van der Waals surface area contributed by atoms with E-state index in [2.05, 4.69) is 0 Å². The number of rotatable bonds is 5. The molecule has 15 heavy (non-hydrogen) atoms. The molecule has 1 aromatic carbocycles. The maximum absolute atomic E-state index is 12.8. The average molecular weight is 230 g/mol. The Balaban J connectivity index is 2.38. The van der Waals surface area contributed by atoms with E-state index in [1.165, 1.54) is 23.9 Å². The molecular weight excluding hydrogens is 218 g/mol. The van der Waals surface area contributed by atoms with Gasteiger partial charge in [-0.15, -0.1) is 11.8 Å². The number of thioether (sulfide) groups is 1. The predicted molar refractivity (Wildman–Crippen MR) is 57.0 cm³/mol. The molecule has 0 unspecified atom stereocenters. The summed E-state index contributed by atoms with van der Waals surface area (Å²) in [6, 6.07) is 3.83. The van der Waals surface area contributed by atoms with Crippen LogP contribution in [0.5, 0.6) is 0 Å². The van der Waals surface area contributed by atoms with Crippen molar-refractivity contribution < 1.29 is 13.6 Å². The third-order valence-corrected chi connectivity index (χ3v) is 2.91. The molecule has 0 heterocycles. The highest BCUT2D eigenvalue weighted by molar-refractivity contribution is 7.99. The van der Waals surface area contributed by atoms with Crippen LogP contribution in [0.25, 0.3) is 0 Å². The van der Waals surface area contributed by atoms with Gasteiger partial charge in [0.1, 0.15) is 5.78 Å². The van der Waals surface area contributed by atoms with Gasteiger partial charge in [-0.1, -0.05) is 0 Å². The zero-order valence-electron chi connectivity index (χ0n) is 8.43.